The molecule has 1 unspecified atom stereocenters. The zero-order chi connectivity index (χ0) is 6.78. The van der Waals surface area contributed by atoms with Crippen LogP contribution >= 0.6 is 0 Å². The molecule has 1 radical (unpaired) electrons. The van der Waals surface area contributed by atoms with Gasteiger partial charge in [-0.1, -0.05) is 6.92 Å². The van der Waals surface area contributed by atoms with Gasteiger partial charge in [0.2, 0.25) is 0 Å². The van der Waals surface area contributed by atoms with Gasteiger partial charge in [-0.15, -0.1) is 0 Å². The van der Waals surface area contributed by atoms with E-state index in [9.17, 15) is 8.42 Å². The predicted molar refractivity (Wildman–Crippen MR) is 34.2 cm³/mol. The predicted octanol–water partition coefficient (Wildman–Crippen LogP) is -0.757. The van der Waals surface area contributed by atoms with Crippen molar-refractivity contribution in [2.75, 3.05) is 0 Å². The van der Waals surface area contributed by atoms with E-state index in [1.165, 1.54) is 10.2 Å². The van der Waals surface area contributed by atoms with E-state index in [2.05, 4.69) is 0 Å². The van der Waals surface area contributed by atoms with Crippen molar-refractivity contribution in [2.24, 2.45) is 0 Å². The van der Waals surface area contributed by atoms with Gasteiger partial charge in [0, 0.05) is 10.2 Å². The van der Waals surface area contributed by atoms with Gasteiger partial charge in [0.15, 0.2) is 0 Å². The Morgan fingerprint density at radius 3 is 2.12 bits per heavy atom. The molecule has 3 nitrogen and oxygen atoms in total. The molecule has 0 aliphatic carbocycles. The van der Waals surface area contributed by atoms with Crippen LogP contribution in [0.4, 0.5) is 0 Å². The van der Waals surface area contributed by atoms with Gasteiger partial charge in [0.1, 0.15) is 0 Å². The van der Waals surface area contributed by atoms with Crippen LogP contribution in [0.5, 0.6) is 0 Å². The molecular formula is C3H9O3SSi. The van der Waals surface area contributed by atoms with E-state index in [-0.39, 0.29) is 0 Å². The molecule has 0 aliphatic heterocycles. The topological polar surface area (TPSA) is 54.4 Å². The molecule has 5 heteroatoms. The summed E-state index contributed by atoms with van der Waals surface area (Å²) in [6, 6.07) is 0. The van der Waals surface area contributed by atoms with E-state index in [4.69, 9.17) is 4.55 Å². The largest absolute Gasteiger partial charge is 0.286 e. The van der Waals surface area contributed by atoms with Gasteiger partial charge in [0.25, 0.3) is 10.1 Å². The summed E-state index contributed by atoms with van der Waals surface area (Å²) < 4.78 is 28.5. The van der Waals surface area contributed by atoms with E-state index in [1.54, 1.807) is 6.92 Å². The average molecular weight is 153 g/mol. The van der Waals surface area contributed by atoms with Gasteiger partial charge in [-0.2, -0.15) is 8.42 Å². The highest BCUT2D eigenvalue weighted by Gasteiger charge is 2.13. The summed E-state index contributed by atoms with van der Waals surface area (Å²) in [5.74, 6) is 0. The Morgan fingerprint density at radius 1 is 1.75 bits per heavy atom. The highest BCUT2D eigenvalue weighted by atomic mass is 32.2. The highest BCUT2D eigenvalue weighted by molar-refractivity contribution is 7.87. The van der Waals surface area contributed by atoms with Crippen molar-refractivity contribution in [3.05, 3.63) is 0 Å². The minimum atomic E-state index is -3.74. The Kier molecular flexibility index (Phi) is 2.65. The SMILES string of the molecule is CCC([SiH2])S(=O)(=O)O. The molecule has 0 saturated carbocycles. The van der Waals surface area contributed by atoms with Crippen LogP contribution < -0.4 is 0 Å². The van der Waals surface area contributed by atoms with Gasteiger partial charge < -0.3 is 0 Å². The first-order valence-electron chi connectivity index (χ1n) is 2.28. The number of rotatable bonds is 2. The van der Waals surface area contributed by atoms with Crippen molar-refractivity contribution >= 4 is 20.4 Å². The maximum atomic E-state index is 10.1. The monoisotopic (exact) mass is 153 g/mol. The molecule has 0 aliphatic rings. The Hall–Kier alpha value is 0.127. The van der Waals surface area contributed by atoms with Crippen molar-refractivity contribution in [2.45, 2.75) is 18.2 Å². The summed E-state index contributed by atoms with van der Waals surface area (Å²) in [7, 11) is -2.46. The maximum absolute atomic E-state index is 10.1. The van der Waals surface area contributed by atoms with E-state index in [1.807, 2.05) is 0 Å². The van der Waals surface area contributed by atoms with Gasteiger partial charge in [-0.3, -0.25) is 4.55 Å². The summed E-state index contributed by atoms with van der Waals surface area (Å²) >= 11 is 0. The summed E-state index contributed by atoms with van der Waals surface area (Å²) in [5.41, 5.74) is 0. The Bertz CT molecular complexity index is 150. The van der Waals surface area contributed by atoms with Crippen LogP contribution in [0, 0.1) is 0 Å². The van der Waals surface area contributed by atoms with E-state index in [0.717, 1.165) is 0 Å². The second-order valence-electron chi connectivity index (χ2n) is 1.55. The van der Waals surface area contributed by atoms with E-state index in [0.29, 0.717) is 6.42 Å². The van der Waals surface area contributed by atoms with Gasteiger partial charge in [-0.25, -0.2) is 0 Å². The molecule has 0 fully saturated rings. The fourth-order valence-electron chi connectivity index (χ4n) is 0.211. The molecule has 1 atom stereocenters. The normalized spacial score (nSPS) is 15.9. The summed E-state index contributed by atoms with van der Waals surface area (Å²) in [4.78, 5) is -0.595. The molecule has 0 saturated heterocycles. The first-order chi connectivity index (χ1) is 3.48. The lowest BCUT2D eigenvalue weighted by atomic mass is 10.6. The molecule has 1 N–H and O–H groups in total. The maximum Gasteiger partial charge on any atom is 0.264 e. The second-order valence-corrected chi connectivity index (χ2v) is 4.82. The van der Waals surface area contributed by atoms with Crippen LogP contribution in [0.15, 0.2) is 0 Å². The van der Waals surface area contributed by atoms with Crippen LogP contribution in [-0.4, -0.2) is 28.1 Å². The lowest BCUT2D eigenvalue weighted by molar-refractivity contribution is 0.478. The molecule has 0 spiro atoms. The number of hydrogen-bond donors (Lipinski definition) is 1. The number of hydrogen-bond acceptors (Lipinski definition) is 2. The standard InChI is InChI=1S/C3H9O3SSi/c1-2-3(8)7(4,5)6/h3H,2,8H2,1H3,(H,4,5,6). The van der Waals surface area contributed by atoms with Crippen LogP contribution in [0.1, 0.15) is 13.3 Å². The zero-order valence-electron chi connectivity index (χ0n) is 4.66. The molecule has 0 bridgehead atoms. The highest BCUT2D eigenvalue weighted by Crippen LogP contribution is 1.96. The van der Waals surface area contributed by atoms with E-state index >= 15 is 0 Å². The zero-order valence-corrected chi connectivity index (χ0v) is 6.89. The van der Waals surface area contributed by atoms with Gasteiger partial charge in [-0.05, 0) is 6.42 Å². The van der Waals surface area contributed by atoms with Crippen molar-refractivity contribution in [3.63, 3.8) is 0 Å². The molecule has 0 amide bonds. The molecule has 0 heterocycles. The molecule has 0 aromatic carbocycles. The molecule has 0 rings (SSSR count). The van der Waals surface area contributed by atoms with Crippen molar-refractivity contribution in [1.29, 1.82) is 0 Å². The Morgan fingerprint density at radius 2 is 2.12 bits per heavy atom. The third-order valence-electron chi connectivity index (χ3n) is 0.877. The molecule has 49 valence electrons. The molecular weight excluding hydrogens is 144 g/mol. The fourth-order valence-corrected chi connectivity index (χ4v) is 0.632. The fraction of sp³-hybridized carbons (Fsp3) is 1.00. The van der Waals surface area contributed by atoms with Gasteiger partial charge >= 0.3 is 0 Å². The lowest BCUT2D eigenvalue weighted by Crippen LogP contribution is -2.18. The minimum absolute atomic E-state index is 0.470. The van der Waals surface area contributed by atoms with Crippen LogP contribution in [0.2, 0.25) is 0 Å². The summed E-state index contributed by atoms with van der Waals surface area (Å²) in [6.45, 7) is 1.71. The van der Waals surface area contributed by atoms with Crippen molar-refractivity contribution in [3.8, 4) is 0 Å². The van der Waals surface area contributed by atoms with E-state index < -0.39 is 15.0 Å². The third kappa shape index (κ3) is 2.44. The Labute approximate surface area is 52.3 Å². The van der Waals surface area contributed by atoms with Crippen molar-refractivity contribution < 1.29 is 13.0 Å². The molecule has 0 aromatic rings. The quantitative estimate of drug-likeness (QED) is 0.419. The third-order valence-corrected chi connectivity index (χ3v) is 3.89. The first-order valence-corrected chi connectivity index (χ1v) is 4.59. The van der Waals surface area contributed by atoms with Crippen LogP contribution in [0.25, 0.3) is 0 Å². The van der Waals surface area contributed by atoms with Crippen LogP contribution in [0.3, 0.4) is 0 Å². The molecule has 8 heavy (non-hydrogen) atoms. The lowest BCUT2D eigenvalue weighted by Gasteiger charge is -2.00. The summed E-state index contributed by atoms with van der Waals surface area (Å²) in [6.07, 6.45) is 0.470. The van der Waals surface area contributed by atoms with Crippen molar-refractivity contribution in [1.82, 2.24) is 0 Å². The summed E-state index contributed by atoms with van der Waals surface area (Å²) in [5, 5.41) is 0. The average Bonchev–Trinajstić information content (AvgIpc) is 1.62. The first kappa shape index (κ1) is 8.13. The second kappa shape index (κ2) is 2.61. The minimum Gasteiger partial charge on any atom is -0.286 e. The molecule has 0 aromatic heterocycles. The Balaban J connectivity index is 4.04. The van der Waals surface area contributed by atoms with Gasteiger partial charge in [0.05, 0.1) is 4.87 Å². The smallest absolute Gasteiger partial charge is 0.264 e. The van der Waals surface area contributed by atoms with Crippen LogP contribution in [-0.2, 0) is 10.1 Å².